The van der Waals surface area contributed by atoms with Gasteiger partial charge in [-0.1, -0.05) is 13.8 Å². The summed E-state index contributed by atoms with van der Waals surface area (Å²) in [6.07, 6.45) is 2.05. The first-order valence-electron chi connectivity index (χ1n) is 5.40. The molecule has 0 amide bonds. The quantitative estimate of drug-likeness (QED) is 0.824. The van der Waals surface area contributed by atoms with Gasteiger partial charge in [0.15, 0.2) is 11.5 Å². The molecular formula is C11H17N3O2. The monoisotopic (exact) mass is 223 g/mol. The number of hydrogen-bond acceptors (Lipinski definition) is 4. The van der Waals surface area contributed by atoms with E-state index in [4.69, 9.17) is 5.11 Å². The van der Waals surface area contributed by atoms with Gasteiger partial charge in [-0.3, -0.25) is 0 Å². The topological polar surface area (TPSA) is 66.3 Å². The van der Waals surface area contributed by atoms with Gasteiger partial charge in [-0.25, -0.2) is 4.79 Å². The Hall–Kier alpha value is -1.65. The second-order valence-electron chi connectivity index (χ2n) is 3.66. The Balaban J connectivity index is 2.84. The number of rotatable bonds is 5. The van der Waals surface area contributed by atoms with Gasteiger partial charge >= 0.3 is 5.97 Å². The molecule has 88 valence electrons. The van der Waals surface area contributed by atoms with E-state index < -0.39 is 5.97 Å². The fourth-order valence-electron chi connectivity index (χ4n) is 1.65. The number of carboxylic acid groups (broad SMARTS) is 1. The number of aromatic carboxylic acids is 1. The van der Waals surface area contributed by atoms with E-state index in [1.165, 1.54) is 6.07 Å². The highest BCUT2D eigenvalue weighted by Gasteiger charge is 2.13. The van der Waals surface area contributed by atoms with Crippen molar-refractivity contribution in [1.29, 1.82) is 0 Å². The molecule has 1 aromatic heterocycles. The molecule has 0 fully saturated rings. The zero-order chi connectivity index (χ0) is 12.1. The van der Waals surface area contributed by atoms with Gasteiger partial charge in [0.25, 0.3) is 0 Å². The lowest BCUT2D eigenvalue weighted by Gasteiger charge is -2.26. The van der Waals surface area contributed by atoms with Gasteiger partial charge in [0.2, 0.25) is 0 Å². The summed E-state index contributed by atoms with van der Waals surface area (Å²) in [7, 11) is 1.95. The van der Waals surface area contributed by atoms with E-state index in [0.717, 1.165) is 12.8 Å². The number of hydrogen-bond donors (Lipinski definition) is 1. The lowest BCUT2D eigenvalue weighted by Crippen LogP contribution is -2.31. The van der Waals surface area contributed by atoms with Crippen LogP contribution in [-0.4, -0.2) is 34.4 Å². The van der Waals surface area contributed by atoms with Crippen LogP contribution in [-0.2, 0) is 0 Å². The number of nitrogens with zero attached hydrogens (tertiary/aromatic N) is 3. The van der Waals surface area contributed by atoms with Gasteiger partial charge in [0.05, 0.1) is 0 Å². The summed E-state index contributed by atoms with van der Waals surface area (Å²) in [5.74, 6) is -0.345. The summed E-state index contributed by atoms with van der Waals surface area (Å²) in [4.78, 5) is 12.6. The molecule has 0 bridgehead atoms. The molecule has 0 saturated carbocycles. The summed E-state index contributed by atoms with van der Waals surface area (Å²) in [6, 6.07) is 3.57. The van der Waals surface area contributed by atoms with Crippen molar-refractivity contribution in [3.8, 4) is 0 Å². The molecule has 5 nitrogen and oxygen atoms in total. The van der Waals surface area contributed by atoms with Crippen molar-refractivity contribution in [2.75, 3.05) is 11.9 Å². The maximum atomic E-state index is 10.6. The Morgan fingerprint density at radius 1 is 1.38 bits per heavy atom. The highest BCUT2D eigenvalue weighted by molar-refractivity contribution is 5.85. The van der Waals surface area contributed by atoms with Crippen LogP contribution in [0.25, 0.3) is 0 Å². The Kier molecular flexibility index (Phi) is 4.22. The van der Waals surface area contributed by atoms with Gasteiger partial charge in [0.1, 0.15) is 0 Å². The lowest BCUT2D eigenvalue weighted by atomic mass is 10.1. The second-order valence-corrected chi connectivity index (χ2v) is 3.66. The Morgan fingerprint density at radius 3 is 2.38 bits per heavy atom. The molecule has 0 spiro atoms. The summed E-state index contributed by atoms with van der Waals surface area (Å²) in [6.45, 7) is 4.23. The average molecular weight is 223 g/mol. The molecule has 0 aliphatic carbocycles. The zero-order valence-corrected chi connectivity index (χ0v) is 9.84. The molecule has 0 atom stereocenters. The molecule has 0 aromatic carbocycles. The van der Waals surface area contributed by atoms with Crippen molar-refractivity contribution in [3.05, 3.63) is 17.8 Å². The van der Waals surface area contributed by atoms with E-state index in [-0.39, 0.29) is 5.69 Å². The fourth-order valence-corrected chi connectivity index (χ4v) is 1.65. The fraction of sp³-hybridized carbons (Fsp3) is 0.545. The van der Waals surface area contributed by atoms with E-state index in [0.29, 0.717) is 11.9 Å². The van der Waals surface area contributed by atoms with Gasteiger partial charge in [0, 0.05) is 13.1 Å². The number of carbonyl (C=O) groups is 1. The van der Waals surface area contributed by atoms with Crippen molar-refractivity contribution in [2.45, 2.75) is 32.7 Å². The standard InChI is InChI=1S/C11H17N3O2/c1-4-8(5-2)14(3)10-7-6-9(11(15)16)12-13-10/h6-8H,4-5H2,1-3H3,(H,15,16). The predicted octanol–water partition coefficient (Wildman–Crippen LogP) is 1.80. The van der Waals surface area contributed by atoms with Crippen LogP contribution in [0.3, 0.4) is 0 Å². The molecule has 0 radical (unpaired) electrons. The van der Waals surface area contributed by atoms with E-state index in [9.17, 15) is 4.79 Å². The molecular weight excluding hydrogens is 206 g/mol. The average Bonchev–Trinajstić information content (AvgIpc) is 2.30. The summed E-state index contributed by atoms with van der Waals surface area (Å²) in [5.41, 5.74) is -0.0262. The van der Waals surface area contributed by atoms with Crippen molar-refractivity contribution in [3.63, 3.8) is 0 Å². The van der Waals surface area contributed by atoms with Crippen LogP contribution in [0.1, 0.15) is 37.2 Å². The number of anilines is 1. The molecule has 1 N–H and O–H groups in total. The maximum Gasteiger partial charge on any atom is 0.356 e. The van der Waals surface area contributed by atoms with Crippen LogP contribution < -0.4 is 4.90 Å². The van der Waals surface area contributed by atoms with Crippen LogP contribution in [0.2, 0.25) is 0 Å². The highest BCUT2D eigenvalue weighted by Crippen LogP contribution is 2.15. The molecule has 1 rings (SSSR count). The normalized spacial score (nSPS) is 10.5. The van der Waals surface area contributed by atoms with E-state index in [1.54, 1.807) is 6.07 Å². The van der Waals surface area contributed by atoms with Crippen molar-refractivity contribution in [2.24, 2.45) is 0 Å². The molecule has 0 aliphatic heterocycles. The molecule has 5 heteroatoms. The maximum absolute atomic E-state index is 10.6. The van der Waals surface area contributed by atoms with E-state index >= 15 is 0 Å². The first-order chi connectivity index (χ1) is 7.60. The highest BCUT2D eigenvalue weighted by atomic mass is 16.4. The Labute approximate surface area is 95.1 Å². The first kappa shape index (κ1) is 12.4. The molecule has 0 aliphatic rings. The van der Waals surface area contributed by atoms with E-state index in [1.807, 2.05) is 11.9 Å². The molecule has 1 heterocycles. The van der Waals surface area contributed by atoms with Crippen molar-refractivity contribution >= 4 is 11.8 Å². The SMILES string of the molecule is CCC(CC)N(C)c1ccc(C(=O)O)nn1. The summed E-state index contributed by atoms with van der Waals surface area (Å²) in [5, 5.41) is 16.3. The van der Waals surface area contributed by atoms with Gasteiger partial charge < -0.3 is 10.0 Å². The van der Waals surface area contributed by atoms with Gasteiger partial charge in [-0.05, 0) is 25.0 Å². The largest absolute Gasteiger partial charge is 0.476 e. The van der Waals surface area contributed by atoms with Crippen LogP contribution in [0.5, 0.6) is 0 Å². The predicted molar refractivity (Wildman–Crippen MR) is 61.8 cm³/mol. The van der Waals surface area contributed by atoms with E-state index in [2.05, 4.69) is 24.0 Å². The minimum absolute atomic E-state index is 0.0262. The summed E-state index contributed by atoms with van der Waals surface area (Å²) < 4.78 is 0. The smallest absolute Gasteiger partial charge is 0.356 e. The third kappa shape index (κ3) is 2.68. The minimum Gasteiger partial charge on any atom is -0.476 e. The molecule has 0 saturated heterocycles. The Bertz CT molecular complexity index is 347. The third-order valence-electron chi connectivity index (χ3n) is 2.72. The van der Waals surface area contributed by atoms with Gasteiger partial charge in [-0.15, -0.1) is 10.2 Å². The lowest BCUT2D eigenvalue weighted by molar-refractivity contribution is 0.0689. The molecule has 0 unspecified atom stereocenters. The zero-order valence-electron chi connectivity index (χ0n) is 9.84. The van der Waals surface area contributed by atoms with Crippen LogP contribution in [0.4, 0.5) is 5.82 Å². The number of aromatic nitrogens is 2. The second kappa shape index (κ2) is 5.44. The van der Waals surface area contributed by atoms with Crippen molar-refractivity contribution < 1.29 is 9.90 Å². The first-order valence-corrected chi connectivity index (χ1v) is 5.40. The number of carboxylic acids is 1. The van der Waals surface area contributed by atoms with Crippen LogP contribution in [0.15, 0.2) is 12.1 Å². The minimum atomic E-state index is -1.05. The molecule has 16 heavy (non-hydrogen) atoms. The van der Waals surface area contributed by atoms with Gasteiger partial charge in [-0.2, -0.15) is 0 Å². The van der Waals surface area contributed by atoms with Crippen LogP contribution >= 0.6 is 0 Å². The third-order valence-corrected chi connectivity index (χ3v) is 2.72. The Morgan fingerprint density at radius 2 is 2.00 bits per heavy atom. The van der Waals surface area contributed by atoms with Crippen molar-refractivity contribution in [1.82, 2.24) is 10.2 Å². The molecule has 1 aromatic rings. The van der Waals surface area contributed by atoms with Crippen LogP contribution in [0, 0.1) is 0 Å². The summed E-state index contributed by atoms with van der Waals surface area (Å²) >= 11 is 0.